The van der Waals surface area contributed by atoms with Crippen molar-refractivity contribution in [3.8, 4) is 11.5 Å². The van der Waals surface area contributed by atoms with Gasteiger partial charge in [-0.2, -0.15) is 13.2 Å². The molecule has 2 aromatic rings. The molecule has 1 aliphatic carbocycles. The maximum atomic E-state index is 15.0. The first kappa shape index (κ1) is 31.3. The van der Waals surface area contributed by atoms with Crippen LogP contribution < -0.4 is 14.8 Å². The first-order valence-electron chi connectivity index (χ1n) is 14.9. The van der Waals surface area contributed by atoms with Crippen molar-refractivity contribution in [3.63, 3.8) is 0 Å². The van der Waals surface area contributed by atoms with E-state index in [1.807, 2.05) is 6.07 Å². The van der Waals surface area contributed by atoms with E-state index in [-0.39, 0.29) is 42.4 Å². The highest BCUT2D eigenvalue weighted by molar-refractivity contribution is 5.77. The minimum atomic E-state index is -4.56. The van der Waals surface area contributed by atoms with E-state index >= 15 is 0 Å². The van der Waals surface area contributed by atoms with Crippen molar-refractivity contribution in [2.24, 2.45) is 0 Å². The molecule has 1 aromatic carbocycles. The number of nitrogens with zero attached hydrogens (tertiary/aromatic N) is 2. The van der Waals surface area contributed by atoms with E-state index in [0.717, 1.165) is 74.0 Å². The summed E-state index contributed by atoms with van der Waals surface area (Å²) in [5, 5.41) is 13.5. The maximum absolute atomic E-state index is 15.0. The van der Waals surface area contributed by atoms with Crippen molar-refractivity contribution in [2.45, 2.75) is 81.5 Å². The Hall–Kier alpha value is -3.12. The molecule has 0 radical (unpaired) electrons. The van der Waals surface area contributed by atoms with Crippen molar-refractivity contribution in [1.82, 2.24) is 9.88 Å². The molecule has 1 aromatic heterocycles. The van der Waals surface area contributed by atoms with Crippen molar-refractivity contribution in [2.75, 3.05) is 45.8 Å². The van der Waals surface area contributed by atoms with E-state index in [9.17, 15) is 27.5 Å². The average Bonchev–Trinajstić information content (AvgIpc) is 3.68. The number of aromatic nitrogens is 1. The Morgan fingerprint density at radius 1 is 1.19 bits per heavy atom. The molecular formula is C31H39F4N3O5. The summed E-state index contributed by atoms with van der Waals surface area (Å²) in [5.41, 5.74) is -0.398. The van der Waals surface area contributed by atoms with Crippen LogP contribution in [-0.4, -0.2) is 73.7 Å². The summed E-state index contributed by atoms with van der Waals surface area (Å²) in [4.78, 5) is 18.8. The molecule has 1 saturated carbocycles. The van der Waals surface area contributed by atoms with E-state index in [2.05, 4.69) is 5.32 Å². The molecule has 0 unspecified atom stereocenters. The highest BCUT2D eigenvalue weighted by atomic mass is 19.4. The molecule has 2 N–H and O–H groups in total. The predicted octanol–water partition coefficient (Wildman–Crippen LogP) is 5.82. The summed E-state index contributed by atoms with van der Waals surface area (Å²) >= 11 is 0. The number of fused-ring (bicyclic) bond motifs is 1. The van der Waals surface area contributed by atoms with Crippen LogP contribution in [0.3, 0.4) is 0 Å². The van der Waals surface area contributed by atoms with Crippen LogP contribution in [-0.2, 0) is 27.8 Å². The average molecular weight is 610 g/mol. The number of unbranched alkanes of at least 4 members (excludes halogenated alkanes) is 2. The van der Waals surface area contributed by atoms with E-state index in [1.54, 1.807) is 12.0 Å². The molecule has 2 atom stereocenters. The lowest BCUT2D eigenvalue weighted by Crippen LogP contribution is -2.35. The number of rotatable bonds is 13. The van der Waals surface area contributed by atoms with Gasteiger partial charge in [0.05, 0.1) is 25.7 Å². The molecule has 5 rings (SSSR count). The fourth-order valence-corrected chi connectivity index (χ4v) is 6.38. The summed E-state index contributed by atoms with van der Waals surface area (Å²) in [6, 6.07) is 2.64. The van der Waals surface area contributed by atoms with Crippen LogP contribution in [0.15, 0.2) is 18.2 Å². The third-order valence-corrected chi connectivity index (χ3v) is 8.87. The van der Waals surface area contributed by atoms with Crippen molar-refractivity contribution in [1.29, 1.82) is 0 Å². The zero-order valence-electron chi connectivity index (χ0n) is 24.6. The molecule has 3 aliphatic rings. The Balaban J connectivity index is 1.15. The van der Waals surface area contributed by atoms with Gasteiger partial charge >= 0.3 is 12.1 Å². The van der Waals surface area contributed by atoms with Crippen LogP contribution >= 0.6 is 0 Å². The molecular weight excluding hydrogens is 570 g/mol. The summed E-state index contributed by atoms with van der Waals surface area (Å²) in [7, 11) is 2.86. The first-order chi connectivity index (χ1) is 20.6. The van der Waals surface area contributed by atoms with Crippen LogP contribution in [0.4, 0.5) is 23.4 Å². The van der Waals surface area contributed by atoms with Crippen LogP contribution in [0.1, 0.15) is 73.4 Å². The second-order valence-corrected chi connectivity index (χ2v) is 11.7. The fourth-order valence-electron chi connectivity index (χ4n) is 6.38. The van der Waals surface area contributed by atoms with Gasteiger partial charge in [-0.3, -0.25) is 9.69 Å². The smallest absolute Gasteiger partial charge is 0.398 e. The Morgan fingerprint density at radius 2 is 1.98 bits per heavy atom. The Kier molecular flexibility index (Phi) is 9.36. The molecule has 236 valence electrons. The number of aryl methyl sites for hydroxylation is 1. The van der Waals surface area contributed by atoms with Gasteiger partial charge in [0.2, 0.25) is 0 Å². The first-order valence-corrected chi connectivity index (χ1v) is 14.9. The Bertz CT molecular complexity index is 1300. The monoisotopic (exact) mass is 609 g/mol. The quantitative estimate of drug-likeness (QED) is 0.217. The number of benzene rings is 1. The van der Waals surface area contributed by atoms with Gasteiger partial charge in [0, 0.05) is 49.1 Å². The minimum Gasteiger partial charge on any atom is -0.496 e. The summed E-state index contributed by atoms with van der Waals surface area (Å²) in [6.07, 6.45) is 0.955. The van der Waals surface area contributed by atoms with Gasteiger partial charge in [-0.1, -0.05) is 6.42 Å². The number of carbonyl (C=O) groups is 1. The standard InChI is InChI=1S/C31H39F4N3O5/c1-41-25-17-20(37-28-22(25)8-6-12-36-28)7-4-3-5-14-43-21-9-13-38(18-21)26(29(39)40)23-15-19(16-24(32)27(23)42-2)30(10-11-30)31(33,34)35/h15-17,21,26H,3-14,18H2,1-2H3,(H,36,37)(H,39,40)/t21-,26+/m1/s1. The molecule has 2 fully saturated rings. The molecule has 3 heterocycles. The highest BCUT2D eigenvalue weighted by Crippen LogP contribution is 2.59. The molecule has 0 amide bonds. The fraction of sp³-hybridized carbons (Fsp3) is 0.613. The Labute approximate surface area is 248 Å². The zero-order valence-corrected chi connectivity index (χ0v) is 24.6. The number of carboxylic acids is 1. The third-order valence-electron chi connectivity index (χ3n) is 8.87. The van der Waals surface area contributed by atoms with E-state index < -0.39 is 29.4 Å². The van der Waals surface area contributed by atoms with Crippen LogP contribution in [0.25, 0.3) is 0 Å². The van der Waals surface area contributed by atoms with E-state index in [0.29, 0.717) is 19.6 Å². The normalized spacial score (nSPS) is 20.3. The van der Waals surface area contributed by atoms with E-state index in [1.165, 1.54) is 13.2 Å². The van der Waals surface area contributed by atoms with Gasteiger partial charge in [-0.15, -0.1) is 0 Å². The maximum Gasteiger partial charge on any atom is 0.398 e. The largest absolute Gasteiger partial charge is 0.496 e. The van der Waals surface area contributed by atoms with Gasteiger partial charge in [-0.25, -0.2) is 9.37 Å². The molecule has 0 bridgehead atoms. The number of methoxy groups -OCH3 is 2. The lowest BCUT2D eigenvalue weighted by molar-refractivity contribution is -0.160. The molecule has 43 heavy (non-hydrogen) atoms. The summed E-state index contributed by atoms with van der Waals surface area (Å²) < 4.78 is 73.2. The minimum absolute atomic E-state index is 0.108. The topological polar surface area (TPSA) is 93.2 Å². The number of hydrogen-bond donors (Lipinski definition) is 2. The summed E-state index contributed by atoms with van der Waals surface area (Å²) in [6.45, 7) is 2.02. The number of pyridine rings is 1. The lowest BCUT2D eigenvalue weighted by atomic mass is 9.90. The number of likely N-dealkylation sites (tertiary alicyclic amines) is 1. The second kappa shape index (κ2) is 12.9. The molecule has 0 spiro atoms. The van der Waals surface area contributed by atoms with Crippen molar-refractivity contribution < 1.29 is 41.7 Å². The molecule has 8 nitrogen and oxygen atoms in total. The van der Waals surface area contributed by atoms with Gasteiger partial charge in [0.15, 0.2) is 11.6 Å². The number of alkyl halides is 3. The summed E-state index contributed by atoms with van der Waals surface area (Å²) in [5.74, 6) is -0.839. The Morgan fingerprint density at radius 3 is 2.65 bits per heavy atom. The SMILES string of the molecule is COc1cc(CCCCCO[C@@H]2CCN([C@H](C(=O)O)c3cc(C4(C(F)(F)F)CC4)cc(F)c3OC)C2)nc2c1CCCN2. The number of carboxylic acid groups (broad SMARTS) is 1. The number of anilines is 1. The predicted molar refractivity (Wildman–Crippen MR) is 151 cm³/mol. The van der Waals surface area contributed by atoms with Gasteiger partial charge in [0.25, 0.3) is 0 Å². The molecule has 2 aliphatic heterocycles. The number of hydrogen-bond acceptors (Lipinski definition) is 7. The van der Waals surface area contributed by atoms with Gasteiger partial charge < -0.3 is 24.6 Å². The highest BCUT2D eigenvalue weighted by Gasteiger charge is 2.64. The lowest BCUT2D eigenvalue weighted by Gasteiger charge is -2.28. The van der Waals surface area contributed by atoms with Crippen molar-refractivity contribution in [3.05, 3.63) is 46.4 Å². The van der Waals surface area contributed by atoms with Crippen LogP contribution in [0.2, 0.25) is 0 Å². The number of halogens is 4. The zero-order chi connectivity index (χ0) is 30.8. The second-order valence-electron chi connectivity index (χ2n) is 11.7. The third kappa shape index (κ3) is 6.55. The molecule has 12 heteroatoms. The van der Waals surface area contributed by atoms with Crippen LogP contribution in [0, 0.1) is 5.82 Å². The van der Waals surface area contributed by atoms with Crippen LogP contribution in [0.5, 0.6) is 11.5 Å². The molecule has 1 saturated heterocycles. The number of ether oxygens (including phenoxy) is 3. The van der Waals surface area contributed by atoms with Gasteiger partial charge in [0.1, 0.15) is 17.6 Å². The number of nitrogens with one attached hydrogen (secondary N) is 1. The van der Waals surface area contributed by atoms with Crippen molar-refractivity contribution >= 4 is 11.8 Å². The van der Waals surface area contributed by atoms with Gasteiger partial charge in [-0.05, 0) is 69.1 Å². The van der Waals surface area contributed by atoms with E-state index in [4.69, 9.17) is 19.2 Å². The number of aliphatic carboxylic acids is 1.